The van der Waals surface area contributed by atoms with E-state index in [0.717, 1.165) is 15.7 Å². The normalized spacial score (nSPS) is 9.95. The third-order valence-electron chi connectivity index (χ3n) is 2.57. The molecule has 3 N–H and O–H groups in total. The van der Waals surface area contributed by atoms with Crippen molar-refractivity contribution < 1.29 is 5.11 Å². The minimum absolute atomic E-state index is 0.00606. The van der Waals surface area contributed by atoms with Crippen LogP contribution in [-0.4, -0.2) is 26.5 Å². The lowest BCUT2D eigenvalue weighted by molar-refractivity contribution is 0.305. The van der Waals surface area contributed by atoms with Crippen molar-refractivity contribution in [2.45, 2.75) is 13.0 Å². The molecule has 2 aromatic rings. The van der Waals surface area contributed by atoms with Crippen molar-refractivity contribution in [3.8, 4) is 11.8 Å². The molecule has 0 fully saturated rings. The van der Waals surface area contributed by atoms with Crippen LogP contribution in [0.5, 0.6) is 0 Å². The fourth-order valence-corrected chi connectivity index (χ4v) is 1.64. The van der Waals surface area contributed by atoms with Gasteiger partial charge in [-0.2, -0.15) is 0 Å². The maximum Gasteiger partial charge on any atom is 0.344 e. The van der Waals surface area contributed by atoms with E-state index in [9.17, 15) is 9.59 Å². The van der Waals surface area contributed by atoms with E-state index in [2.05, 4.69) is 22.0 Å². The summed E-state index contributed by atoms with van der Waals surface area (Å²) in [6.07, 6.45) is 0.388. The molecule has 2 rings (SSSR count). The summed E-state index contributed by atoms with van der Waals surface area (Å²) in [6, 6.07) is 7.27. The molecule has 6 nitrogen and oxygen atoms in total. The van der Waals surface area contributed by atoms with Gasteiger partial charge in [0.25, 0.3) is 0 Å². The maximum atomic E-state index is 11.4. The van der Waals surface area contributed by atoms with Crippen LogP contribution in [0, 0.1) is 11.8 Å². The number of nitrogens with zero attached hydrogens (tertiary/aromatic N) is 1. The molecule has 0 aliphatic rings. The first-order valence-corrected chi connectivity index (χ1v) is 5.77. The molecule has 0 atom stereocenters. The number of aliphatic hydroxyl groups is 1. The first kappa shape index (κ1) is 12.9. The van der Waals surface area contributed by atoms with Crippen LogP contribution in [0.25, 0.3) is 0 Å². The summed E-state index contributed by atoms with van der Waals surface area (Å²) in [5.41, 5.74) is 0.551. The van der Waals surface area contributed by atoms with E-state index in [1.54, 1.807) is 0 Å². The standard InChI is InChI=1S/C13H13N3O3/c17-8-4-3-6-10-5-1-2-7-11(10)9-16-12(18)14-15-13(16)19/h1-2,5,7,17H,4,8-9H2,(H,14,18)(H,15,19). The van der Waals surface area contributed by atoms with Gasteiger partial charge in [0.1, 0.15) is 0 Å². The first-order chi connectivity index (χ1) is 9.22. The summed E-state index contributed by atoms with van der Waals surface area (Å²) >= 11 is 0. The van der Waals surface area contributed by atoms with Gasteiger partial charge in [0.05, 0.1) is 13.2 Å². The highest BCUT2D eigenvalue weighted by Crippen LogP contribution is 2.07. The predicted octanol–water partition coefficient (Wildman–Crippen LogP) is -0.353. The molecule has 1 aromatic heterocycles. The molecule has 0 bridgehead atoms. The van der Waals surface area contributed by atoms with Gasteiger partial charge in [0.2, 0.25) is 0 Å². The van der Waals surface area contributed by atoms with Crippen molar-refractivity contribution in [1.29, 1.82) is 0 Å². The lowest BCUT2D eigenvalue weighted by Crippen LogP contribution is -2.27. The molecule has 19 heavy (non-hydrogen) atoms. The summed E-state index contributed by atoms with van der Waals surface area (Å²) in [6.45, 7) is 0.160. The first-order valence-electron chi connectivity index (χ1n) is 5.77. The highest BCUT2D eigenvalue weighted by molar-refractivity contribution is 5.41. The van der Waals surface area contributed by atoms with E-state index in [1.165, 1.54) is 0 Å². The molecule has 0 spiro atoms. The van der Waals surface area contributed by atoms with Crippen LogP contribution >= 0.6 is 0 Å². The summed E-state index contributed by atoms with van der Waals surface area (Å²) in [7, 11) is 0. The van der Waals surface area contributed by atoms with E-state index in [1.807, 2.05) is 24.3 Å². The summed E-state index contributed by atoms with van der Waals surface area (Å²) in [5, 5.41) is 13.2. The highest BCUT2D eigenvalue weighted by atomic mass is 16.2. The van der Waals surface area contributed by atoms with Gasteiger partial charge in [-0.1, -0.05) is 30.0 Å². The van der Waals surface area contributed by atoms with Crippen LogP contribution in [0.15, 0.2) is 33.9 Å². The molecule has 0 unspecified atom stereocenters. The van der Waals surface area contributed by atoms with Crippen LogP contribution in [0.2, 0.25) is 0 Å². The van der Waals surface area contributed by atoms with Gasteiger partial charge < -0.3 is 5.11 Å². The van der Waals surface area contributed by atoms with Gasteiger partial charge in [0, 0.05) is 12.0 Å². The average Bonchev–Trinajstić information content (AvgIpc) is 2.73. The number of aliphatic hydroxyl groups excluding tert-OH is 1. The van der Waals surface area contributed by atoms with Crippen molar-refractivity contribution in [3.05, 3.63) is 56.4 Å². The number of hydrogen-bond acceptors (Lipinski definition) is 3. The number of aromatic amines is 2. The molecular formula is C13H13N3O3. The van der Waals surface area contributed by atoms with Gasteiger partial charge in [-0.3, -0.25) is 0 Å². The zero-order valence-corrected chi connectivity index (χ0v) is 10.1. The predicted molar refractivity (Wildman–Crippen MR) is 69.8 cm³/mol. The van der Waals surface area contributed by atoms with E-state index >= 15 is 0 Å². The second-order valence-electron chi connectivity index (χ2n) is 3.88. The minimum atomic E-state index is -0.483. The van der Waals surface area contributed by atoms with E-state index in [0.29, 0.717) is 6.42 Å². The lowest BCUT2D eigenvalue weighted by Gasteiger charge is -2.03. The van der Waals surface area contributed by atoms with Crippen LogP contribution < -0.4 is 11.4 Å². The van der Waals surface area contributed by atoms with Gasteiger partial charge in [-0.15, -0.1) is 0 Å². The third-order valence-corrected chi connectivity index (χ3v) is 2.57. The Morgan fingerprint density at radius 3 is 2.53 bits per heavy atom. The summed E-state index contributed by atoms with van der Waals surface area (Å²) in [4.78, 5) is 22.8. The Bertz CT molecular complexity index is 700. The van der Waals surface area contributed by atoms with Crippen molar-refractivity contribution in [2.24, 2.45) is 0 Å². The summed E-state index contributed by atoms with van der Waals surface area (Å²) in [5.74, 6) is 5.74. The second kappa shape index (κ2) is 5.89. The maximum absolute atomic E-state index is 11.4. The molecular weight excluding hydrogens is 246 g/mol. The molecule has 6 heteroatoms. The van der Waals surface area contributed by atoms with Crippen LogP contribution in [0.1, 0.15) is 17.5 Å². The van der Waals surface area contributed by atoms with Crippen molar-refractivity contribution in [3.63, 3.8) is 0 Å². The molecule has 0 saturated carbocycles. The van der Waals surface area contributed by atoms with Crippen LogP contribution in [0.4, 0.5) is 0 Å². The SMILES string of the molecule is O=c1[nH][nH]c(=O)n1Cc1ccccc1C#CCCO. The fourth-order valence-electron chi connectivity index (χ4n) is 1.64. The van der Waals surface area contributed by atoms with Gasteiger partial charge in [-0.05, 0) is 11.6 Å². The summed E-state index contributed by atoms with van der Waals surface area (Å²) < 4.78 is 1.06. The zero-order chi connectivity index (χ0) is 13.7. The monoisotopic (exact) mass is 259 g/mol. The Balaban J connectivity index is 2.34. The average molecular weight is 259 g/mol. The van der Waals surface area contributed by atoms with Crippen molar-refractivity contribution in [2.75, 3.05) is 6.61 Å². The van der Waals surface area contributed by atoms with Gasteiger partial charge >= 0.3 is 11.4 Å². The Hall–Kier alpha value is -2.52. The molecule has 0 radical (unpaired) electrons. The Morgan fingerprint density at radius 2 is 1.84 bits per heavy atom. The Labute approximate surface area is 108 Å². The van der Waals surface area contributed by atoms with Crippen LogP contribution in [0.3, 0.4) is 0 Å². The number of benzene rings is 1. The fraction of sp³-hybridized carbons (Fsp3) is 0.231. The highest BCUT2D eigenvalue weighted by Gasteiger charge is 2.06. The third kappa shape index (κ3) is 3.03. The number of rotatable bonds is 3. The van der Waals surface area contributed by atoms with Crippen LogP contribution in [-0.2, 0) is 6.54 Å². The lowest BCUT2D eigenvalue weighted by atomic mass is 10.1. The van der Waals surface area contributed by atoms with E-state index in [4.69, 9.17) is 5.11 Å². The van der Waals surface area contributed by atoms with E-state index in [-0.39, 0.29) is 13.2 Å². The number of aromatic nitrogens is 3. The Kier molecular flexibility index (Phi) is 4.00. The van der Waals surface area contributed by atoms with E-state index < -0.39 is 11.4 Å². The number of hydrogen-bond donors (Lipinski definition) is 3. The quantitative estimate of drug-likeness (QED) is 0.658. The zero-order valence-electron chi connectivity index (χ0n) is 10.1. The van der Waals surface area contributed by atoms with Gasteiger partial charge in [-0.25, -0.2) is 24.4 Å². The topological polar surface area (TPSA) is 90.9 Å². The van der Waals surface area contributed by atoms with Gasteiger partial charge in [0.15, 0.2) is 0 Å². The number of nitrogens with one attached hydrogen (secondary N) is 2. The molecule has 1 aromatic carbocycles. The Morgan fingerprint density at radius 1 is 1.16 bits per heavy atom. The number of H-pyrrole nitrogens is 2. The molecule has 0 aliphatic carbocycles. The molecule has 0 amide bonds. The molecule has 1 heterocycles. The second-order valence-corrected chi connectivity index (χ2v) is 3.88. The molecule has 98 valence electrons. The largest absolute Gasteiger partial charge is 0.395 e. The smallest absolute Gasteiger partial charge is 0.344 e. The van der Waals surface area contributed by atoms with Crippen molar-refractivity contribution in [1.82, 2.24) is 14.8 Å². The molecule has 0 aliphatic heterocycles. The minimum Gasteiger partial charge on any atom is -0.395 e. The van der Waals surface area contributed by atoms with Crippen molar-refractivity contribution >= 4 is 0 Å². The molecule has 0 saturated heterocycles.